The smallest absolute Gasteiger partial charge is 0.310 e. The van der Waals surface area contributed by atoms with Crippen LogP contribution in [0.1, 0.15) is 12.8 Å². The van der Waals surface area contributed by atoms with Crippen LogP contribution in [0.4, 0.5) is 15.8 Å². The van der Waals surface area contributed by atoms with Crippen molar-refractivity contribution in [2.24, 2.45) is 11.8 Å². The topological polar surface area (TPSA) is 116 Å². The van der Waals surface area contributed by atoms with Crippen LogP contribution in [0.5, 0.6) is 0 Å². The minimum Gasteiger partial charge on any atom is -0.481 e. The van der Waals surface area contributed by atoms with Gasteiger partial charge in [-0.2, -0.15) is 4.31 Å². The third-order valence-corrected chi connectivity index (χ3v) is 8.96. The van der Waals surface area contributed by atoms with E-state index in [2.05, 4.69) is 5.32 Å². The van der Waals surface area contributed by atoms with Crippen LogP contribution in [0.3, 0.4) is 0 Å². The number of hydrogen-bond donors (Lipinski definition) is 2. The van der Waals surface area contributed by atoms with E-state index in [9.17, 15) is 27.5 Å². The lowest BCUT2D eigenvalue weighted by atomic mass is 9.78. The standard InChI is InChI=1S/C24H26FN3O6S/c25-15-1-5-17(6-2-15)27-11-13-28(14-12-27)35(32,33)18-7-3-16(4-8-18)26-23(29)21-19-9-10-20(34-19)22(21)24(30)31/h1-8,19-22H,9-14H2,(H,26,29)(H,30,31)/t19-,20+,21?,22?/m0/s1. The van der Waals surface area contributed by atoms with Gasteiger partial charge in [-0.15, -0.1) is 0 Å². The van der Waals surface area contributed by atoms with Crippen molar-refractivity contribution in [2.75, 3.05) is 36.4 Å². The molecule has 3 fully saturated rings. The second kappa shape index (κ2) is 9.21. The molecule has 5 rings (SSSR count). The third kappa shape index (κ3) is 4.51. The Labute approximate surface area is 202 Å². The van der Waals surface area contributed by atoms with Gasteiger partial charge >= 0.3 is 5.97 Å². The number of anilines is 2. The Morgan fingerprint density at radius 3 is 2.11 bits per heavy atom. The van der Waals surface area contributed by atoms with Crippen LogP contribution in [0.15, 0.2) is 53.4 Å². The lowest BCUT2D eigenvalue weighted by molar-refractivity contribution is -0.147. The molecule has 2 N–H and O–H groups in total. The van der Waals surface area contributed by atoms with E-state index in [4.69, 9.17) is 4.74 Å². The summed E-state index contributed by atoms with van der Waals surface area (Å²) in [4.78, 5) is 26.6. The van der Waals surface area contributed by atoms with Crippen LogP contribution in [-0.4, -0.2) is 68.1 Å². The zero-order valence-corrected chi connectivity index (χ0v) is 19.7. The quantitative estimate of drug-likeness (QED) is 0.621. The molecule has 2 aromatic carbocycles. The van der Waals surface area contributed by atoms with E-state index in [0.29, 0.717) is 44.7 Å². The third-order valence-electron chi connectivity index (χ3n) is 7.05. The Kier molecular flexibility index (Phi) is 6.24. The van der Waals surface area contributed by atoms with Crippen molar-refractivity contribution in [2.45, 2.75) is 29.9 Å². The number of amides is 1. The Morgan fingerprint density at radius 2 is 1.51 bits per heavy atom. The molecule has 3 heterocycles. The molecule has 0 aliphatic carbocycles. The molecular formula is C24H26FN3O6S. The van der Waals surface area contributed by atoms with Crippen molar-refractivity contribution in [1.29, 1.82) is 0 Å². The molecule has 186 valence electrons. The summed E-state index contributed by atoms with van der Waals surface area (Å²) < 4.78 is 46.4. The number of carbonyl (C=O) groups is 2. The number of nitrogens with zero attached hydrogens (tertiary/aromatic N) is 2. The minimum atomic E-state index is -3.73. The predicted molar refractivity (Wildman–Crippen MR) is 125 cm³/mol. The number of halogens is 1. The number of sulfonamides is 1. The van der Waals surface area contributed by atoms with Gasteiger partial charge in [0.2, 0.25) is 15.9 Å². The molecule has 35 heavy (non-hydrogen) atoms. The number of aliphatic carboxylic acids is 1. The summed E-state index contributed by atoms with van der Waals surface area (Å²) in [5.41, 5.74) is 1.23. The van der Waals surface area contributed by atoms with Gasteiger partial charge in [-0.05, 0) is 61.4 Å². The van der Waals surface area contributed by atoms with E-state index < -0.39 is 45.9 Å². The largest absolute Gasteiger partial charge is 0.481 e. The Bertz CT molecular complexity index is 1210. The van der Waals surface area contributed by atoms with Crippen LogP contribution in [-0.2, 0) is 24.3 Å². The Hall–Kier alpha value is -3.02. The molecule has 11 heteroatoms. The molecule has 3 aliphatic heterocycles. The highest BCUT2D eigenvalue weighted by atomic mass is 32.2. The van der Waals surface area contributed by atoms with Crippen LogP contribution in [0.2, 0.25) is 0 Å². The van der Waals surface area contributed by atoms with Crippen molar-refractivity contribution in [1.82, 2.24) is 4.31 Å². The number of carboxylic acid groups (broad SMARTS) is 1. The summed E-state index contributed by atoms with van der Waals surface area (Å²) in [6, 6.07) is 12.0. The van der Waals surface area contributed by atoms with Crippen LogP contribution in [0, 0.1) is 17.7 Å². The maximum absolute atomic E-state index is 13.2. The van der Waals surface area contributed by atoms with Crippen molar-refractivity contribution in [3.63, 3.8) is 0 Å². The number of fused-ring (bicyclic) bond motifs is 2. The summed E-state index contributed by atoms with van der Waals surface area (Å²) in [6.45, 7) is 1.54. The van der Waals surface area contributed by atoms with Gasteiger partial charge in [0.1, 0.15) is 5.82 Å². The number of nitrogens with one attached hydrogen (secondary N) is 1. The zero-order chi connectivity index (χ0) is 24.7. The molecule has 2 unspecified atom stereocenters. The molecule has 2 bridgehead atoms. The second-order valence-electron chi connectivity index (χ2n) is 9.06. The fraction of sp³-hybridized carbons (Fsp3) is 0.417. The van der Waals surface area contributed by atoms with E-state index in [1.54, 1.807) is 12.1 Å². The molecule has 0 aromatic heterocycles. The van der Waals surface area contributed by atoms with Crippen LogP contribution in [0.25, 0.3) is 0 Å². The van der Waals surface area contributed by atoms with Gasteiger partial charge in [-0.25, -0.2) is 12.8 Å². The Morgan fingerprint density at radius 1 is 0.914 bits per heavy atom. The number of hydrogen-bond acceptors (Lipinski definition) is 6. The predicted octanol–water partition coefficient (Wildman–Crippen LogP) is 2.15. The van der Waals surface area contributed by atoms with Crippen molar-refractivity contribution in [3.05, 3.63) is 54.3 Å². The average molecular weight is 504 g/mol. The van der Waals surface area contributed by atoms with E-state index >= 15 is 0 Å². The maximum atomic E-state index is 13.2. The highest BCUT2D eigenvalue weighted by Crippen LogP contribution is 2.44. The van der Waals surface area contributed by atoms with Crippen LogP contribution >= 0.6 is 0 Å². The monoisotopic (exact) mass is 503 g/mol. The van der Waals surface area contributed by atoms with Crippen molar-refractivity contribution >= 4 is 33.3 Å². The molecule has 4 atom stereocenters. The highest BCUT2D eigenvalue weighted by molar-refractivity contribution is 7.89. The summed E-state index contributed by atoms with van der Waals surface area (Å²) >= 11 is 0. The molecule has 3 saturated heterocycles. The lowest BCUT2D eigenvalue weighted by Gasteiger charge is -2.35. The first-order chi connectivity index (χ1) is 16.7. The molecule has 0 saturated carbocycles. The highest BCUT2D eigenvalue weighted by Gasteiger charge is 2.55. The number of ether oxygens (including phenoxy) is 1. The molecule has 0 spiro atoms. The second-order valence-corrected chi connectivity index (χ2v) is 11.0. The molecule has 3 aliphatic rings. The summed E-state index contributed by atoms with van der Waals surface area (Å²) in [6.07, 6.45) is 0.437. The first-order valence-corrected chi connectivity index (χ1v) is 13.0. The van der Waals surface area contributed by atoms with Gasteiger partial charge < -0.3 is 20.1 Å². The maximum Gasteiger partial charge on any atom is 0.310 e. The zero-order valence-electron chi connectivity index (χ0n) is 18.8. The Balaban J connectivity index is 1.22. The first-order valence-electron chi connectivity index (χ1n) is 11.5. The molecule has 2 aromatic rings. The molecule has 1 amide bonds. The SMILES string of the molecule is O=C(Nc1ccc(S(=O)(=O)N2CCN(c3ccc(F)cc3)CC2)cc1)C1C(C(=O)O)[C@H]2CC[C@@H]1O2. The van der Waals surface area contributed by atoms with Gasteiger partial charge in [0, 0.05) is 37.6 Å². The van der Waals surface area contributed by atoms with Gasteiger partial charge in [-0.3, -0.25) is 9.59 Å². The minimum absolute atomic E-state index is 0.109. The number of benzene rings is 2. The lowest BCUT2D eigenvalue weighted by Crippen LogP contribution is -2.48. The average Bonchev–Trinajstić information content (AvgIpc) is 3.47. The van der Waals surface area contributed by atoms with Crippen molar-refractivity contribution < 1.29 is 32.2 Å². The molecule has 0 radical (unpaired) electrons. The van der Waals surface area contributed by atoms with Crippen molar-refractivity contribution in [3.8, 4) is 0 Å². The van der Waals surface area contributed by atoms with E-state index in [1.807, 2.05) is 4.90 Å². The number of piperazine rings is 1. The van der Waals surface area contributed by atoms with Gasteiger partial charge in [-0.1, -0.05) is 0 Å². The fourth-order valence-corrected chi connectivity index (χ4v) is 6.67. The fourth-order valence-electron chi connectivity index (χ4n) is 5.25. The summed E-state index contributed by atoms with van der Waals surface area (Å²) in [5.74, 6) is -3.44. The normalized spacial score (nSPS) is 26.6. The summed E-state index contributed by atoms with van der Waals surface area (Å²) in [7, 11) is -3.73. The summed E-state index contributed by atoms with van der Waals surface area (Å²) in [5, 5.41) is 12.2. The number of rotatable bonds is 6. The van der Waals surface area contributed by atoms with Crippen LogP contribution < -0.4 is 10.2 Å². The van der Waals surface area contributed by atoms with E-state index in [0.717, 1.165) is 5.69 Å². The van der Waals surface area contributed by atoms with Gasteiger partial charge in [0.25, 0.3) is 0 Å². The van der Waals surface area contributed by atoms with E-state index in [1.165, 1.54) is 40.7 Å². The van der Waals surface area contributed by atoms with E-state index in [-0.39, 0.29) is 10.7 Å². The number of carboxylic acids is 1. The van der Waals surface area contributed by atoms with Gasteiger partial charge in [0.05, 0.1) is 28.9 Å². The number of carbonyl (C=O) groups excluding carboxylic acids is 1. The molecular weight excluding hydrogens is 477 g/mol. The molecule has 9 nitrogen and oxygen atoms in total. The first kappa shape index (κ1) is 23.7. The van der Waals surface area contributed by atoms with Gasteiger partial charge in [0.15, 0.2) is 0 Å².